The van der Waals surface area contributed by atoms with Gasteiger partial charge in [0.2, 0.25) is 0 Å². The van der Waals surface area contributed by atoms with Crippen molar-refractivity contribution in [3.8, 4) is 11.3 Å². The number of rotatable bonds is 3. The van der Waals surface area contributed by atoms with Gasteiger partial charge in [0.25, 0.3) is 11.6 Å². The highest BCUT2D eigenvalue weighted by Crippen LogP contribution is 2.28. The number of aromatic nitrogens is 5. The minimum atomic E-state index is -0.297. The Hall–Kier alpha value is -3.55. The van der Waals surface area contributed by atoms with Crippen LogP contribution in [0.3, 0.4) is 0 Å². The van der Waals surface area contributed by atoms with Gasteiger partial charge < -0.3 is 9.84 Å². The van der Waals surface area contributed by atoms with Crippen LogP contribution in [0.25, 0.3) is 22.4 Å². The molecule has 4 aromatic rings. The number of nitrogens with one attached hydrogen (secondary N) is 1. The molecular weight excluding hydrogens is 344 g/mol. The quantitative estimate of drug-likeness (QED) is 0.601. The van der Waals surface area contributed by atoms with Crippen LogP contribution in [-0.4, -0.2) is 30.8 Å². The van der Waals surface area contributed by atoms with Crippen LogP contribution in [0.5, 0.6) is 0 Å². The zero-order valence-corrected chi connectivity index (χ0v) is 15.4. The standard InChI is InChI=1S/C19H18N6O2/c1-10-5-6-20-16(7-10)22-18(26)13-8-15(14-9-25(4)23-11(14)2)21-19-17(13)12(3)24-27-19/h5-9H,1-4H3,(H,20,22,26). The van der Waals surface area contributed by atoms with Gasteiger partial charge in [-0.1, -0.05) is 5.16 Å². The summed E-state index contributed by atoms with van der Waals surface area (Å²) in [6, 6.07) is 5.42. The molecule has 4 aromatic heterocycles. The Bertz CT molecular complexity index is 1170. The Labute approximate surface area is 155 Å². The lowest BCUT2D eigenvalue weighted by molar-refractivity contribution is 0.102. The van der Waals surface area contributed by atoms with E-state index in [9.17, 15) is 4.79 Å². The van der Waals surface area contributed by atoms with E-state index >= 15 is 0 Å². The number of carbonyl (C=O) groups is 1. The summed E-state index contributed by atoms with van der Waals surface area (Å²) in [4.78, 5) is 21.7. The number of fused-ring (bicyclic) bond motifs is 1. The Morgan fingerprint density at radius 3 is 2.70 bits per heavy atom. The van der Waals surface area contributed by atoms with Crippen LogP contribution in [0.15, 0.2) is 35.1 Å². The molecule has 0 radical (unpaired) electrons. The topological polar surface area (TPSA) is 98.7 Å². The van der Waals surface area contributed by atoms with Gasteiger partial charge in [-0.15, -0.1) is 0 Å². The highest BCUT2D eigenvalue weighted by atomic mass is 16.5. The summed E-state index contributed by atoms with van der Waals surface area (Å²) < 4.78 is 7.04. The number of anilines is 1. The molecule has 8 nitrogen and oxygen atoms in total. The normalized spacial score (nSPS) is 11.1. The van der Waals surface area contributed by atoms with Gasteiger partial charge in [0.05, 0.1) is 28.0 Å². The molecule has 4 rings (SSSR count). The van der Waals surface area contributed by atoms with Gasteiger partial charge >= 0.3 is 0 Å². The molecule has 1 N–H and O–H groups in total. The van der Waals surface area contributed by atoms with Crippen LogP contribution in [0.4, 0.5) is 5.82 Å². The summed E-state index contributed by atoms with van der Waals surface area (Å²) in [5.74, 6) is 0.188. The summed E-state index contributed by atoms with van der Waals surface area (Å²) in [6.07, 6.45) is 3.51. The van der Waals surface area contributed by atoms with Crippen molar-refractivity contribution in [1.82, 2.24) is 24.9 Å². The first-order valence-electron chi connectivity index (χ1n) is 8.44. The fraction of sp³-hybridized carbons (Fsp3) is 0.211. The second-order valence-electron chi connectivity index (χ2n) is 6.48. The second kappa shape index (κ2) is 6.31. The van der Waals surface area contributed by atoms with Crippen molar-refractivity contribution < 1.29 is 9.32 Å². The van der Waals surface area contributed by atoms with Gasteiger partial charge in [-0.05, 0) is 44.5 Å². The molecule has 8 heteroatoms. The lowest BCUT2D eigenvalue weighted by atomic mass is 10.1. The Balaban J connectivity index is 1.84. The van der Waals surface area contributed by atoms with Crippen molar-refractivity contribution in [3.63, 3.8) is 0 Å². The first kappa shape index (κ1) is 16.9. The van der Waals surface area contributed by atoms with Crippen LogP contribution in [-0.2, 0) is 7.05 Å². The Kier molecular flexibility index (Phi) is 3.95. The van der Waals surface area contributed by atoms with E-state index in [1.807, 2.05) is 39.2 Å². The minimum absolute atomic E-state index is 0.297. The second-order valence-corrected chi connectivity index (χ2v) is 6.48. The van der Waals surface area contributed by atoms with Crippen LogP contribution in [0.1, 0.15) is 27.3 Å². The predicted molar refractivity (Wildman–Crippen MR) is 100 cm³/mol. The monoisotopic (exact) mass is 362 g/mol. The van der Waals surface area contributed by atoms with E-state index in [0.29, 0.717) is 33.9 Å². The predicted octanol–water partition coefficient (Wildman–Crippen LogP) is 3.20. The Morgan fingerprint density at radius 1 is 1.19 bits per heavy atom. The van der Waals surface area contributed by atoms with Crippen molar-refractivity contribution in [1.29, 1.82) is 0 Å². The van der Waals surface area contributed by atoms with Gasteiger partial charge in [0.15, 0.2) is 0 Å². The summed E-state index contributed by atoms with van der Waals surface area (Å²) in [5.41, 5.74) is 4.60. The lowest BCUT2D eigenvalue weighted by Gasteiger charge is -2.08. The number of aryl methyl sites for hydroxylation is 4. The third-order valence-electron chi connectivity index (χ3n) is 4.31. The first-order valence-corrected chi connectivity index (χ1v) is 8.44. The fourth-order valence-electron chi connectivity index (χ4n) is 3.05. The molecule has 0 aliphatic carbocycles. The van der Waals surface area contributed by atoms with Gasteiger partial charge in [0, 0.05) is 25.0 Å². The molecular formula is C19H18N6O2. The largest absolute Gasteiger partial charge is 0.335 e. The van der Waals surface area contributed by atoms with Gasteiger partial charge in [-0.3, -0.25) is 9.48 Å². The molecule has 0 fully saturated rings. The molecule has 0 unspecified atom stereocenters. The molecule has 0 atom stereocenters. The molecule has 1 amide bonds. The SMILES string of the molecule is Cc1ccnc(NC(=O)c2cc(-c3cn(C)nc3C)nc3onc(C)c23)c1. The number of carbonyl (C=O) groups excluding carboxylic acids is 1. The van der Waals surface area contributed by atoms with Crippen molar-refractivity contribution in [2.45, 2.75) is 20.8 Å². The summed E-state index contributed by atoms with van der Waals surface area (Å²) in [6.45, 7) is 5.61. The van der Waals surface area contributed by atoms with Crippen LogP contribution >= 0.6 is 0 Å². The maximum absolute atomic E-state index is 13.0. The summed E-state index contributed by atoms with van der Waals surface area (Å²) >= 11 is 0. The lowest BCUT2D eigenvalue weighted by Crippen LogP contribution is -2.14. The van der Waals surface area contributed by atoms with Crippen molar-refractivity contribution in [2.24, 2.45) is 7.05 Å². The minimum Gasteiger partial charge on any atom is -0.335 e. The van der Waals surface area contributed by atoms with Crippen molar-refractivity contribution in [2.75, 3.05) is 5.32 Å². The van der Waals surface area contributed by atoms with E-state index in [1.54, 1.807) is 23.9 Å². The third-order valence-corrected chi connectivity index (χ3v) is 4.31. The highest BCUT2D eigenvalue weighted by molar-refractivity contribution is 6.12. The van der Waals surface area contributed by atoms with E-state index in [4.69, 9.17) is 4.52 Å². The first-order chi connectivity index (χ1) is 12.9. The Morgan fingerprint density at radius 2 is 2.00 bits per heavy atom. The fourth-order valence-corrected chi connectivity index (χ4v) is 3.05. The van der Waals surface area contributed by atoms with Crippen LogP contribution in [0, 0.1) is 20.8 Å². The van der Waals surface area contributed by atoms with Crippen molar-refractivity contribution in [3.05, 3.63) is 53.1 Å². The highest BCUT2D eigenvalue weighted by Gasteiger charge is 2.21. The van der Waals surface area contributed by atoms with Crippen LogP contribution < -0.4 is 5.32 Å². The van der Waals surface area contributed by atoms with Gasteiger partial charge in [-0.25, -0.2) is 9.97 Å². The molecule has 136 valence electrons. The zero-order valence-electron chi connectivity index (χ0n) is 15.4. The summed E-state index contributed by atoms with van der Waals surface area (Å²) in [5, 5.41) is 11.7. The molecule has 0 bridgehead atoms. The smallest absolute Gasteiger partial charge is 0.259 e. The van der Waals surface area contributed by atoms with Crippen molar-refractivity contribution >= 4 is 22.8 Å². The number of hydrogen-bond donors (Lipinski definition) is 1. The zero-order chi connectivity index (χ0) is 19.1. The molecule has 27 heavy (non-hydrogen) atoms. The van der Waals surface area contributed by atoms with Gasteiger partial charge in [0.1, 0.15) is 5.82 Å². The summed E-state index contributed by atoms with van der Waals surface area (Å²) in [7, 11) is 1.84. The van der Waals surface area contributed by atoms with Crippen LogP contribution in [0.2, 0.25) is 0 Å². The molecule has 0 spiro atoms. The van der Waals surface area contributed by atoms with E-state index < -0.39 is 0 Å². The average Bonchev–Trinajstić information content (AvgIpc) is 3.16. The molecule has 4 heterocycles. The number of amides is 1. The number of nitrogens with zero attached hydrogens (tertiary/aromatic N) is 5. The number of hydrogen-bond acceptors (Lipinski definition) is 6. The molecule has 0 aliphatic heterocycles. The van der Waals surface area contributed by atoms with E-state index in [1.165, 1.54) is 0 Å². The average molecular weight is 362 g/mol. The number of pyridine rings is 2. The van der Waals surface area contributed by atoms with E-state index in [-0.39, 0.29) is 5.91 Å². The van der Waals surface area contributed by atoms with Gasteiger partial charge in [-0.2, -0.15) is 5.10 Å². The molecule has 0 aliphatic rings. The molecule has 0 saturated carbocycles. The molecule has 0 aromatic carbocycles. The molecule has 0 saturated heterocycles. The van der Waals surface area contributed by atoms with E-state index in [0.717, 1.165) is 16.8 Å². The third kappa shape index (κ3) is 3.05. The maximum atomic E-state index is 13.0. The van der Waals surface area contributed by atoms with E-state index in [2.05, 4.69) is 25.5 Å². The maximum Gasteiger partial charge on any atom is 0.259 e.